The summed E-state index contributed by atoms with van der Waals surface area (Å²) >= 11 is 0. The van der Waals surface area contributed by atoms with Crippen LogP contribution in [0.25, 0.3) is 22.3 Å². The minimum absolute atomic E-state index is 0.0893. The molecule has 0 N–H and O–H groups in total. The third kappa shape index (κ3) is 2.97. The number of hydrogen-bond acceptors (Lipinski definition) is 4. The summed E-state index contributed by atoms with van der Waals surface area (Å²) in [6.45, 7) is 5.74. The first-order chi connectivity index (χ1) is 13.5. The van der Waals surface area contributed by atoms with Crippen LogP contribution in [0.4, 0.5) is 4.39 Å². The van der Waals surface area contributed by atoms with Gasteiger partial charge in [0.15, 0.2) is 17.2 Å². The Morgan fingerprint density at radius 2 is 2.04 bits per heavy atom. The van der Waals surface area contributed by atoms with Crippen LogP contribution >= 0.6 is 0 Å². The Hall–Kier alpha value is -2.76. The summed E-state index contributed by atoms with van der Waals surface area (Å²) in [6, 6.07) is 5.09. The van der Waals surface area contributed by atoms with Gasteiger partial charge in [0.2, 0.25) is 0 Å². The molecule has 1 aliphatic rings. The van der Waals surface area contributed by atoms with Crippen molar-refractivity contribution < 1.29 is 9.13 Å². The van der Waals surface area contributed by atoms with E-state index in [0.717, 1.165) is 36.0 Å². The first-order valence-electron chi connectivity index (χ1n) is 9.68. The molecule has 0 radical (unpaired) electrons. The molecule has 5 nitrogen and oxygen atoms in total. The highest BCUT2D eigenvalue weighted by atomic mass is 19.1. The van der Waals surface area contributed by atoms with Crippen molar-refractivity contribution in [3.05, 3.63) is 51.8 Å². The first kappa shape index (κ1) is 18.6. The maximum atomic E-state index is 14.4. The van der Waals surface area contributed by atoms with Gasteiger partial charge in [-0.15, -0.1) is 0 Å². The molecule has 2 aromatic heterocycles. The van der Waals surface area contributed by atoms with Gasteiger partial charge in [-0.3, -0.25) is 9.36 Å². The molecule has 4 rings (SSSR count). The highest BCUT2D eigenvalue weighted by molar-refractivity contribution is 5.90. The second-order valence-corrected chi connectivity index (χ2v) is 7.52. The molecule has 0 bridgehead atoms. The average molecular weight is 381 g/mol. The quantitative estimate of drug-likeness (QED) is 0.649. The number of methoxy groups -OCH3 is 1. The van der Waals surface area contributed by atoms with Gasteiger partial charge in [0, 0.05) is 17.8 Å². The minimum atomic E-state index is -0.428. The number of hydrogen-bond donors (Lipinski definition) is 0. The summed E-state index contributed by atoms with van der Waals surface area (Å²) in [5, 5.41) is 0. The SMILES string of the molecule is CCC(C1CC1)n1c(=O)c(C)nc2c(-c3cc(F)c(OC)cc3C)ccnc21. The lowest BCUT2D eigenvalue weighted by Gasteiger charge is -2.21. The van der Waals surface area contributed by atoms with Crippen LogP contribution in [0, 0.1) is 25.6 Å². The zero-order chi connectivity index (χ0) is 20.0. The molecule has 0 spiro atoms. The Morgan fingerprint density at radius 3 is 2.68 bits per heavy atom. The van der Waals surface area contributed by atoms with E-state index >= 15 is 0 Å². The van der Waals surface area contributed by atoms with Gasteiger partial charge in [0.1, 0.15) is 11.2 Å². The van der Waals surface area contributed by atoms with Crippen molar-refractivity contribution in [1.29, 1.82) is 0 Å². The van der Waals surface area contributed by atoms with E-state index < -0.39 is 5.82 Å². The number of nitrogens with zero attached hydrogens (tertiary/aromatic N) is 3. The van der Waals surface area contributed by atoms with Crippen LogP contribution < -0.4 is 10.3 Å². The molecule has 3 aromatic rings. The Balaban J connectivity index is 2.01. The summed E-state index contributed by atoms with van der Waals surface area (Å²) < 4.78 is 21.3. The molecule has 1 aromatic carbocycles. The number of fused-ring (bicyclic) bond motifs is 1. The zero-order valence-corrected chi connectivity index (χ0v) is 16.6. The molecule has 0 aliphatic heterocycles. The van der Waals surface area contributed by atoms with Crippen molar-refractivity contribution in [3.8, 4) is 16.9 Å². The van der Waals surface area contributed by atoms with Crippen LogP contribution in [0.3, 0.4) is 0 Å². The van der Waals surface area contributed by atoms with E-state index in [1.807, 2.05) is 17.6 Å². The molecule has 1 fully saturated rings. The molecular weight excluding hydrogens is 357 g/mol. The Kier molecular flexibility index (Phi) is 4.65. The molecule has 0 amide bonds. The highest BCUT2D eigenvalue weighted by Crippen LogP contribution is 2.42. The molecule has 2 heterocycles. The van der Waals surface area contributed by atoms with Crippen molar-refractivity contribution >= 4 is 11.2 Å². The van der Waals surface area contributed by atoms with Gasteiger partial charge in [-0.2, -0.15) is 0 Å². The lowest BCUT2D eigenvalue weighted by Crippen LogP contribution is -2.29. The maximum absolute atomic E-state index is 14.4. The van der Waals surface area contributed by atoms with Crippen molar-refractivity contribution in [2.24, 2.45) is 5.92 Å². The number of halogens is 1. The molecule has 1 aliphatic carbocycles. The number of benzene rings is 1. The topological polar surface area (TPSA) is 57.0 Å². The number of pyridine rings is 1. The van der Waals surface area contributed by atoms with E-state index in [4.69, 9.17) is 4.74 Å². The Morgan fingerprint density at radius 1 is 1.29 bits per heavy atom. The molecule has 1 unspecified atom stereocenters. The Labute approximate surface area is 163 Å². The lowest BCUT2D eigenvalue weighted by molar-refractivity contribution is 0.386. The first-order valence-corrected chi connectivity index (χ1v) is 9.68. The van der Waals surface area contributed by atoms with Crippen LogP contribution in [-0.4, -0.2) is 21.6 Å². The third-order valence-corrected chi connectivity index (χ3v) is 5.65. The van der Waals surface area contributed by atoms with E-state index in [9.17, 15) is 9.18 Å². The van der Waals surface area contributed by atoms with E-state index in [1.165, 1.54) is 13.2 Å². The van der Waals surface area contributed by atoms with Gasteiger partial charge in [0.25, 0.3) is 5.56 Å². The predicted molar refractivity (Wildman–Crippen MR) is 107 cm³/mol. The van der Waals surface area contributed by atoms with Gasteiger partial charge < -0.3 is 4.74 Å². The zero-order valence-electron chi connectivity index (χ0n) is 16.6. The van der Waals surface area contributed by atoms with Crippen molar-refractivity contribution in [2.45, 2.75) is 46.1 Å². The maximum Gasteiger partial charge on any atom is 0.273 e. The summed E-state index contributed by atoms with van der Waals surface area (Å²) in [7, 11) is 1.45. The second-order valence-electron chi connectivity index (χ2n) is 7.52. The van der Waals surface area contributed by atoms with Crippen molar-refractivity contribution in [1.82, 2.24) is 14.5 Å². The Bertz CT molecular complexity index is 1120. The molecule has 6 heteroatoms. The van der Waals surface area contributed by atoms with Gasteiger partial charge in [-0.1, -0.05) is 6.92 Å². The van der Waals surface area contributed by atoms with Crippen LogP contribution in [0.1, 0.15) is 43.5 Å². The highest BCUT2D eigenvalue weighted by Gasteiger charge is 2.33. The van der Waals surface area contributed by atoms with Crippen LogP contribution in [0.2, 0.25) is 0 Å². The fourth-order valence-electron chi connectivity index (χ4n) is 4.05. The van der Waals surface area contributed by atoms with Crippen LogP contribution in [-0.2, 0) is 0 Å². The minimum Gasteiger partial charge on any atom is -0.494 e. The largest absolute Gasteiger partial charge is 0.494 e. The van der Waals surface area contributed by atoms with Gasteiger partial charge in [0.05, 0.1) is 7.11 Å². The van der Waals surface area contributed by atoms with Crippen LogP contribution in [0.15, 0.2) is 29.2 Å². The average Bonchev–Trinajstić information content (AvgIpc) is 3.51. The van der Waals surface area contributed by atoms with Gasteiger partial charge in [-0.05, 0) is 68.4 Å². The standard InChI is InChI=1S/C22H24FN3O2/c1-5-18(14-6-7-14)26-21-20(25-13(3)22(26)27)15(8-9-24-21)16-11-17(23)19(28-4)10-12(16)2/h8-11,14,18H,5-7H2,1-4H3. The number of rotatable bonds is 5. The summed E-state index contributed by atoms with van der Waals surface area (Å²) in [4.78, 5) is 22.0. The monoisotopic (exact) mass is 381 g/mol. The molecule has 28 heavy (non-hydrogen) atoms. The third-order valence-electron chi connectivity index (χ3n) is 5.65. The summed E-state index contributed by atoms with van der Waals surface area (Å²) in [5.41, 5.74) is 3.92. The molecule has 146 valence electrons. The molecule has 0 saturated heterocycles. The molecular formula is C22H24FN3O2. The summed E-state index contributed by atoms with van der Waals surface area (Å²) in [5.74, 6) is 0.293. The normalized spacial score (nSPS) is 15.0. The fraction of sp³-hybridized carbons (Fsp3) is 0.409. The lowest BCUT2D eigenvalue weighted by atomic mass is 9.99. The fourth-order valence-corrected chi connectivity index (χ4v) is 4.05. The smallest absolute Gasteiger partial charge is 0.273 e. The van der Waals surface area contributed by atoms with E-state index in [-0.39, 0.29) is 17.4 Å². The predicted octanol–water partition coefficient (Wildman–Crippen LogP) is 4.58. The summed E-state index contributed by atoms with van der Waals surface area (Å²) in [6.07, 6.45) is 4.81. The second kappa shape index (κ2) is 7.00. The van der Waals surface area contributed by atoms with Crippen molar-refractivity contribution in [2.75, 3.05) is 7.11 Å². The van der Waals surface area contributed by atoms with Gasteiger partial charge >= 0.3 is 0 Å². The number of aromatic nitrogens is 3. The van der Waals surface area contributed by atoms with E-state index in [1.54, 1.807) is 19.2 Å². The van der Waals surface area contributed by atoms with E-state index in [0.29, 0.717) is 22.8 Å². The van der Waals surface area contributed by atoms with Gasteiger partial charge in [-0.25, -0.2) is 14.4 Å². The van der Waals surface area contributed by atoms with Crippen LogP contribution in [0.5, 0.6) is 5.75 Å². The number of ether oxygens (including phenoxy) is 1. The van der Waals surface area contributed by atoms with E-state index in [2.05, 4.69) is 16.9 Å². The molecule has 1 saturated carbocycles. The van der Waals surface area contributed by atoms with Crippen molar-refractivity contribution in [3.63, 3.8) is 0 Å². The number of aryl methyl sites for hydroxylation is 2. The molecule has 1 atom stereocenters.